The van der Waals surface area contributed by atoms with Gasteiger partial charge in [-0.1, -0.05) is 32.6 Å². The molecule has 2 saturated heterocycles. The van der Waals surface area contributed by atoms with Crippen molar-refractivity contribution in [2.24, 2.45) is 17.8 Å². The minimum absolute atomic E-state index is 0.118. The molecule has 136 valence electrons. The summed E-state index contributed by atoms with van der Waals surface area (Å²) in [5, 5.41) is 11.3. The number of nitro groups is 1. The predicted octanol–water partition coefficient (Wildman–Crippen LogP) is 4.16. The number of hydrogen-bond donors (Lipinski definition) is 0. The molecular weight excluding hydrogens is 306 g/mol. The summed E-state index contributed by atoms with van der Waals surface area (Å²) in [5.41, 5.74) is 0. The minimum atomic E-state index is -0.565. The van der Waals surface area contributed by atoms with Crippen molar-refractivity contribution in [1.29, 1.82) is 0 Å². The number of carbonyl (C=O) groups is 1. The highest BCUT2D eigenvalue weighted by Gasteiger charge is 2.56. The van der Waals surface area contributed by atoms with Crippen LogP contribution in [-0.2, 0) is 9.53 Å². The van der Waals surface area contributed by atoms with Crippen LogP contribution in [0.15, 0.2) is 0 Å². The first-order valence-electron chi connectivity index (χ1n) is 9.91. The lowest BCUT2D eigenvalue weighted by atomic mass is 9.78. The van der Waals surface area contributed by atoms with Crippen LogP contribution in [0.25, 0.3) is 0 Å². The van der Waals surface area contributed by atoms with Gasteiger partial charge < -0.3 is 4.74 Å². The van der Waals surface area contributed by atoms with Gasteiger partial charge in [0.1, 0.15) is 6.10 Å². The Labute approximate surface area is 144 Å². The van der Waals surface area contributed by atoms with Crippen molar-refractivity contribution in [3.05, 3.63) is 10.1 Å². The Bertz CT molecular complexity index is 464. The highest BCUT2D eigenvalue weighted by molar-refractivity contribution is 5.83. The molecule has 4 aliphatic rings. The summed E-state index contributed by atoms with van der Waals surface area (Å²) >= 11 is 0. The van der Waals surface area contributed by atoms with Crippen LogP contribution in [-0.4, -0.2) is 29.0 Å². The fraction of sp³-hybridized carbons (Fsp3) is 0.947. The molecule has 2 aliphatic carbocycles. The van der Waals surface area contributed by atoms with E-state index in [-0.39, 0.29) is 16.8 Å². The maximum Gasteiger partial charge on any atom is 0.213 e. The molecule has 0 spiro atoms. The first-order valence-corrected chi connectivity index (χ1v) is 9.91. The molecule has 2 saturated carbocycles. The highest BCUT2D eigenvalue weighted by Crippen LogP contribution is 2.56. The lowest BCUT2D eigenvalue weighted by molar-refractivity contribution is -0.524. The molecule has 0 aromatic heterocycles. The molecule has 2 aliphatic heterocycles. The lowest BCUT2D eigenvalue weighted by Crippen LogP contribution is -2.47. The van der Waals surface area contributed by atoms with Crippen molar-refractivity contribution in [2.45, 2.75) is 95.8 Å². The maximum absolute atomic E-state index is 12.5. The van der Waals surface area contributed by atoms with E-state index in [1.165, 1.54) is 19.3 Å². The van der Waals surface area contributed by atoms with Crippen LogP contribution in [0, 0.1) is 27.9 Å². The van der Waals surface area contributed by atoms with Crippen LogP contribution in [0.1, 0.15) is 77.6 Å². The van der Waals surface area contributed by atoms with Gasteiger partial charge in [0, 0.05) is 24.2 Å². The molecular formula is C19H31NO4. The Morgan fingerprint density at radius 1 is 1.12 bits per heavy atom. The molecule has 6 atom stereocenters. The van der Waals surface area contributed by atoms with Gasteiger partial charge in [-0.2, -0.15) is 0 Å². The van der Waals surface area contributed by atoms with Gasteiger partial charge in [0.15, 0.2) is 5.78 Å². The summed E-state index contributed by atoms with van der Waals surface area (Å²) in [4.78, 5) is 23.6. The number of ketones is 1. The largest absolute Gasteiger partial charge is 0.367 e. The van der Waals surface area contributed by atoms with Gasteiger partial charge in [-0.05, 0) is 43.4 Å². The second kappa shape index (κ2) is 7.94. The molecule has 24 heavy (non-hydrogen) atoms. The minimum Gasteiger partial charge on any atom is -0.367 e. The van der Waals surface area contributed by atoms with E-state index in [0.717, 1.165) is 32.1 Å². The number of nitrogens with zero attached hydrogens (tertiary/aromatic N) is 1. The first kappa shape index (κ1) is 17.8. The molecule has 5 nitrogen and oxygen atoms in total. The van der Waals surface area contributed by atoms with E-state index in [1.54, 1.807) is 0 Å². The topological polar surface area (TPSA) is 69.4 Å². The van der Waals surface area contributed by atoms with Crippen LogP contribution in [0.3, 0.4) is 0 Å². The normalized spacial score (nSPS) is 34.6. The molecule has 0 aromatic carbocycles. The van der Waals surface area contributed by atoms with Gasteiger partial charge in [0.05, 0.1) is 6.10 Å². The van der Waals surface area contributed by atoms with Crippen molar-refractivity contribution >= 4 is 5.78 Å². The number of unbranched alkanes of at least 4 members (excludes halogenated alkanes) is 4. The molecule has 2 heterocycles. The Balaban J connectivity index is 1.41. The summed E-state index contributed by atoms with van der Waals surface area (Å²) in [6.07, 6.45) is 10.3. The van der Waals surface area contributed by atoms with Gasteiger partial charge in [0.2, 0.25) is 6.04 Å². The SMILES string of the molecule is CCCCCCCC(CCC(=O)C1OC2CC3CC2CC31)[N+](=O)[O-]. The standard InChI is InChI=1S/C19H31NO4/c1-2-3-4-5-6-7-15(20(22)23)8-9-17(21)19-16-11-14-10-13(16)12-18(14)24-19/h13-16,18-19H,2-12H2,1H3. The molecule has 0 N–H and O–H groups in total. The number of rotatable bonds is 11. The van der Waals surface area contributed by atoms with E-state index < -0.39 is 6.04 Å². The lowest BCUT2D eigenvalue weighted by Gasteiger charge is -2.41. The number of fused-ring (bicyclic) bond motifs is 1. The summed E-state index contributed by atoms with van der Waals surface area (Å²) in [5.74, 6) is 1.87. The van der Waals surface area contributed by atoms with E-state index in [9.17, 15) is 14.9 Å². The third kappa shape index (κ3) is 3.81. The Hall–Kier alpha value is -0.970. The van der Waals surface area contributed by atoms with Gasteiger partial charge in [-0.25, -0.2) is 0 Å². The van der Waals surface area contributed by atoms with E-state index in [1.807, 2.05) is 0 Å². The first-order chi connectivity index (χ1) is 11.6. The van der Waals surface area contributed by atoms with E-state index in [0.29, 0.717) is 43.1 Å². The molecule has 5 heteroatoms. The Morgan fingerprint density at radius 3 is 2.54 bits per heavy atom. The van der Waals surface area contributed by atoms with Gasteiger partial charge in [-0.3, -0.25) is 14.9 Å². The number of carbonyl (C=O) groups excluding carboxylic acids is 1. The van der Waals surface area contributed by atoms with Crippen molar-refractivity contribution in [1.82, 2.24) is 0 Å². The molecule has 0 aromatic rings. The fourth-order valence-corrected chi connectivity index (χ4v) is 5.20. The maximum atomic E-state index is 12.5. The second-order valence-electron chi connectivity index (χ2n) is 8.13. The average Bonchev–Trinajstić information content (AvgIpc) is 3.13. The predicted molar refractivity (Wildman–Crippen MR) is 91.4 cm³/mol. The zero-order valence-electron chi connectivity index (χ0n) is 14.8. The van der Waals surface area contributed by atoms with E-state index >= 15 is 0 Å². The van der Waals surface area contributed by atoms with Gasteiger partial charge >= 0.3 is 0 Å². The van der Waals surface area contributed by atoms with Crippen molar-refractivity contribution < 1.29 is 14.5 Å². The van der Waals surface area contributed by atoms with Crippen LogP contribution in [0.5, 0.6) is 0 Å². The highest BCUT2D eigenvalue weighted by atomic mass is 16.6. The van der Waals surface area contributed by atoms with Crippen molar-refractivity contribution in [3.8, 4) is 0 Å². The molecule has 4 bridgehead atoms. The second-order valence-corrected chi connectivity index (χ2v) is 8.13. The summed E-state index contributed by atoms with van der Waals surface area (Å²) in [6, 6.07) is -0.565. The van der Waals surface area contributed by atoms with Crippen LogP contribution < -0.4 is 0 Å². The third-order valence-electron chi connectivity index (χ3n) is 6.54. The number of hydrogen-bond acceptors (Lipinski definition) is 4. The number of Topliss-reactive ketones (excluding diaryl/α,β-unsaturated/α-hetero) is 1. The molecule has 4 rings (SSSR count). The number of ether oxygens (including phenoxy) is 1. The fourth-order valence-electron chi connectivity index (χ4n) is 5.20. The van der Waals surface area contributed by atoms with Gasteiger partial charge in [-0.15, -0.1) is 0 Å². The average molecular weight is 337 g/mol. The zero-order valence-corrected chi connectivity index (χ0v) is 14.8. The zero-order chi connectivity index (χ0) is 17.1. The van der Waals surface area contributed by atoms with Gasteiger partial charge in [0.25, 0.3) is 0 Å². The van der Waals surface area contributed by atoms with Crippen LogP contribution in [0.2, 0.25) is 0 Å². The van der Waals surface area contributed by atoms with Crippen LogP contribution in [0.4, 0.5) is 0 Å². The molecule has 0 radical (unpaired) electrons. The summed E-state index contributed by atoms with van der Waals surface area (Å²) in [6.45, 7) is 2.16. The summed E-state index contributed by atoms with van der Waals surface area (Å²) in [7, 11) is 0. The smallest absolute Gasteiger partial charge is 0.213 e. The van der Waals surface area contributed by atoms with Crippen molar-refractivity contribution in [3.63, 3.8) is 0 Å². The monoisotopic (exact) mass is 337 g/mol. The third-order valence-corrected chi connectivity index (χ3v) is 6.54. The Kier molecular flexibility index (Phi) is 5.90. The summed E-state index contributed by atoms with van der Waals surface area (Å²) < 4.78 is 6.00. The molecule has 0 amide bonds. The molecule has 4 fully saturated rings. The van der Waals surface area contributed by atoms with E-state index in [2.05, 4.69) is 6.92 Å². The van der Waals surface area contributed by atoms with E-state index in [4.69, 9.17) is 4.74 Å². The van der Waals surface area contributed by atoms with Crippen LogP contribution >= 0.6 is 0 Å². The Morgan fingerprint density at radius 2 is 1.92 bits per heavy atom. The quantitative estimate of drug-likeness (QED) is 0.322. The molecule has 6 unspecified atom stereocenters. The van der Waals surface area contributed by atoms with Crippen molar-refractivity contribution in [2.75, 3.05) is 0 Å².